The van der Waals surface area contributed by atoms with Crippen molar-refractivity contribution in [1.29, 1.82) is 0 Å². The van der Waals surface area contributed by atoms with E-state index in [1.807, 2.05) is 0 Å². The molecule has 0 N–H and O–H groups in total. The second-order valence-corrected chi connectivity index (χ2v) is 1.35. The molecular formula is C5H7MgO4+. The molecule has 0 aromatic carbocycles. The molecular weight excluding hydrogens is 148 g/mol. The summed E-state index contributed by atoms with van der Waals surface area (Å²) in [7, 11) is 0. The summed E-state index contributed by atoms with van der Waals surface area (Å²) in [6, 6.07) is 0. The van der Waals surface area contributed by atoms with Gasteiger partial charge in [-0.05, 0) is 6.92 Å². The van der Waals surface area contributed by atoms with Gasteiger partial charge in [0.05, 0.1) is 19.0 Å². The van der Waals surface area contributed by atoms with Gasteiger partial charge in [0, 0.05) is 0 Å². The molecule has 0 rings (SSSR count). The quantitative estimate of drug-likeness (QED) is 0.277. The summed E-state index contributed by atoms with van der Waals surface area (Å²) in [4.78, 5) is 19.9. The molecule has 0 atom stereocenters. The Bertz CT molecular complexity index is 123. The molecule has 0 heterocycles. The standard InChI is InChI=1S/C5H8O4.Mg/c1-2-9-5(8)3-4(6)7;/h2-3H2,1H3,(H,6,7);/q;+2/p-1. The number of carbonyl (C=O) groups excluding carboxylic acids is 2. The number of hydrogen-bond donors (Lipinski definition) is 0. The Labute approximate surface area is 74.7 Å². The van der Waals surface area contributed by atoms with Crippen LogP contribution in [0.1, 0.15) is 13.3 Å². The molecule has 0 radical (unpaired) electrons. The average molecular weight is 155 g/mol. The molecule has 0 aromatic rings. The van der Waals surface area contributed by atoms with Gasteiger partial charge in [0.2, 0.25) is 0 Å². The van der Waals surface area contributed by atoms with Crippen LogP contribution in [0.25, 0.3) is 0 Å². The Morgan fingerprint density at radius 1 is 1.50 bits per heavy atom. The van der Waals surface area contributed by atoms with Crippen molar-refractivity contribution in [2.24, 2.45) is 0 Å². The van der Waals surface area contributed by atoms with Crippen LogP contribution >= 0.6 is 0 Å². The molecule has 0 aliphatic carbocycles. The van der Waals surface area contributed by atoms with Gasteiger partial charge in [0.25, 0.3) is 0 Å². The summed E-state index contributed by atoms with van der Waals surface area (Å²) < 4.78 is 4.29. The largest absolute Gasteiger partial charge is 2.00 e. The maximum atomic E-state index is 10.2. The van der Waals surface area contributed by atoms with E-state index in [2.05, 4.69) is 4.74 Å². The number of hydrogen-bond acceptors (Lipinski definition) is 4. The first-order chi connectivity index (χ1) is 4.16. The number of aliphatic carboxylic acids is 1. The van der Waals surface area contributed by atoms with Crippen LogP contribution in [-0.2, 0) is 14.3 Å². The van der Waals surface area contributed by atoms with Crippen molar-refractivity contribution in [1.82, 2.24) is 0 Å². The van der Waals surface area contributed by atoms with Crippen molar-refractivity contribution in [3.63, 3.8) is 0 Å². The van der Waals surface area contributed by atoms with E-state index in [-0.39, 0.29) is 29.7 Å². The summed E-state index contributed by atoms with van der Waals surface area (Å²) in [6.07, 6.45) is -0.659. The Kier molecular flexibility index (Phi) is 8.45. The van der Waals surface area contributed by atoms with Gasteiger partial charge >= 0.3 is 29.0 Å². The summed E-state index contributed by atoms with van der Waals surface area (Å²) >= 11 is 0. The third-order valence-electron chi connectivity index (χ3n) is 0.594. The van der Waals surface area contributed by atoms with Crippen molar-refractivity contribution < 1.29 is 19.4 Å². The van der Waals surface area contributed by atoms with Gasteiger partial charge in [-0.3, -0.25) is 4.79 Å². The van der Waals surface area contributed by atoms with Crippen molar-refractivity contribution in [2.75, 3.05) is 6.61 Å². The minimum absolute atomic E-state index is 0. The van der Waals surface area contributed by atoms with Gasteiger partial charge in [0.1, 0.15) is 0 Å². The molecule has 5 heteroatoms. The SMILES string of the molecule is CCOC(=O)CC(=O)[O-].[Mg+2]. The number of carboxylic acids is 1. The average Bonchev–Trinajstić information content (AvgIpc) is 1.63. The maximum absolute atomic E-state index is 10.2. The monoisotopic (exact) mass is 155 g/mol. The fourth-order valence-corrected chi connectivity index (χ4v) is 0.330. The van der Waals surface area contributed by atoms with Gasteiger partial charge < -0.3 is 14.6 Å². The third kappa shape index (κ3) is 7.71. The molecule has 0 saturated carbocycles. The fraction of sp³-hybridized carbons (Fsp3) is 0.600. The van der Waals surface area contributed by atoms with E-state index in [1.54, 1.807) is 6.92 Å². The van der Waals surface area contributed by atoms with Crippen molar-refractivity contribution in [2.45, 2.75) is 13.3 Å². The number of esters is 1. The van der Waals surface area contributed by atoms with Crippen molar-refractivity contribution in [3.05, 3.63) is 0 Å². The third-order valence-corrected chi connectivity index (χ3v) is 0.594. The summed E-state index contributed by atoms with van der Waals surface area (Å²) in [6.45, 7) is 1.80. The topological polar surface area (TPSA) is 66.4 Å². The predicted octanol–water partition coefficient (Wildman–Crippen LogP) is -1.69. The number of carboxylic acid groups (broad SMARTS) is 1. The zero-order chi connectivity index (χ0) is 7.28. The van der Waals surface area contributed by atoms with Crippen LogP contribution in [0.2, 0.25) is 0 Å². The molecule has 10 heavy (non-hydrogen) atoms. The van der Waals surface area contributed by atoms with E-state index in [9.17, 15) is 14.7 Å². The van der Waals surface area contributed by atoms with Crippen LogP contribution in [0, 0.1) is 0 Å². The van der Waals surface area contributed by atoms with Crippen LogP contribution in [0.4, 0.5) is 0 Å². The minimum atomic E-state index is -1.41. The van der Waals surface area contributed by atoms with Crippen LogP contribution in [0.3, 0.4) is 0 Å². The maximum Gasteiger partial charge on any atom is 2.00 e. The van der Waals surface area contributed by atoms with Crippen LogP contribution < -0.4 is 5.11 Å². The van der Waals surface area contributed by atoms with Gasteiger partial charge in [-0.1, -0.05) is 0 Å². The van der Waals surface area contributed by atoms with E-state index in [1.165, 1.54) is 0 Å². The zero-order valence-corrected chi connectivity index (χ0v) is 7.17. The second-order valence-electron chi connectivity index (χ2n) is 1.35. The Hall–Kier alpha value is -0.294. The smallest absolute Gasteiger partial charge is 0.550 e. The van der Waals surface area contributed by atoms with E-state index in [0.29, 0.717) is 0 Å². The molecule has 0 aliphatic rings. The van der Waals surface area contributed by atoms with Crippen molar-refractivity contribution >= 4 is 35.0 Å². The second kappa shape index (κ2) is 6.82. The molecule has 4 nitrogen and oxygen atoms in total. The van der Waals surface area contributed by atoms with E-state index < -0.39 is 18.4 Å². The number of rotatable bonds is 3. The summed E-state index contributed by atoms with van der Waals surface area (Å²) in [5.41, 5.74) is 0. The molecule has 0 saturated heterocycles. The Balaban J connectivity index is 0. The van der Waals surface area contributed by atoms with Gasteiger partial charge in [0.15, 0.2) is 0 Å². The minimum Gasteiger partial charge on any atom is -0.550 e. The molecule has 52 valence electrons. The van der Waals surface area contributed by atoms with Gasteiger partial charge in [-0.15, -0.1) is 0 Å². The molecule has 0 unspecified atom stereocenters. The molecule has 0 aliphatic heterocycles. The van der Waals surface area contributed by atoms with E-state index >= 15 is 0 Å². The van der Waals surface area contributed by atoms with Crippen LogP contribution in [0.5, 0.6) is 0 Å². The van der Waals surface area contributed by atoms with Gasteiger partial charge in [-0.25, -0.2) is 0 Å². The first-order valence-corrected chi connectivity index (χ1v) is 2.52. The van der Waals surface area contributed by atoms with E-state index in [0.717, 1.165) is 0 Å². The number of carbonyl (C=O) groups is 2. The van der Waals surface area contributed by atoms with Crippen molar-refractivity contribution in [3.8, 4) is 0 Å². The zero-order valence-electron chi connectivity index (χ0n) is 5.75. The fourth-order valence-electron chi connectivity index (χ4n) is 0.330. The van der Waals surface area contributed by atoms with Crippen LogP contribution in [-0.4, -0.2) is 41.6 Å². The molecule has 0 aromatic heterocycles. The molecule has 0 amide bonds. The molecule has 0 bridgehead atoms. The van der Waals surface area contributed by atoms with E-state index in [4.69, 9.17) is 0 Å². The normalized spacial score (nSPS) is 7.70. The Morgan fingerprint density at radius 2 is 2.00 bits per heavy atom. The first kappa shape index (κ1) is 12.4. The summed E-state index contributed by atoms with van der Waals surface area (Å²) in [5.74, 6) is -2.16. The first-order valence-electron chi connectivity index (χ1n) is 2.52. The number of ether oxygens (including phenoxy) is 1. The Morgan fingerprint density at radius 3 is 2.30 bits per heavy atom. The van der Waals surface area contributed by atoms with Gasteiger partial charge in [-0.2, -0.15) is 0 Å². The summed E-state index contributed by atoms with van der Waals surface area (Å²) in [5, 5.41) is 9.67. The van der Waals surface area contributed by atoms with Crippen LogP contribution in [0.15, 0.2) is 0 Å². The molecule has 0 spiro atoms. The predicted molar refractivity (Wildman–Crippen MR) is 32.0 cm³/mol. The molecule has 0 fully saturated rings.